The topological polar surface area (TPSA) is 178 Å². The lowest BCUT2D eigenvalue weighted by atomic mass is 9.95. The van der Waals surface area contributed by atoms with Crippen LogP contribution in [-0.4, -0.2) is 72.6 Å². The van der Waals surface area contributed by atoms with Crippen LogP contribution >= 0.6 is 0 Å². The second kappa shape index (κ2) is 12.0. The van der Waals surface area contributed by atoms with Crippen molar-refractivity contribution in [1.82, 2.24) is 5.32 Å². The molecule has 1 heterocycles. The van der Waals surface area contributed by atoms with E-state index in [0.29, 0.717) is 5.76 Å². The third kappa shape index (κ3) is 9.76. The summed E-state index contributed by atoms with van der Waals surface area (Å²) in [6.07, 6.45) is -4.78. The van der Waals surface area contributed by atoms with Crippen molar-refractivity contribution in [2.24, 2.45) is 11.5 Å². The summed E-state index contributed by atoms with van der Waals surface area (Å²) in [6, 6.07) is -2.33. The molecule has 0 aromatic carbocycles. The van der Waals surface area contributed by atoms with Gasteiger partial charge in [-0.1, -0.05) is 6.58 Å². The average Bonchev–Trinajstić information content (AvgIpc) is 2.63. The Labute approximate surface area is 193 Å². The van der Waals surface area contributed by atoms with Gasteiger partial charge in [-0.3, -0.25) is 19.2 Å². The van der Waals surface area contributed by atoms with Crippen LogP contribution in [0.1, 0.15) is 48.0 Å². The number of amides is 1. The van der Waals surface area contributed by atoms with E-state index in [2.05, 4.69) is 11.9 Å². The Morgan fingerprint density at radius 3 is 2.09 bits per heavy atom. The predicted molar refractivity (Wildman–Crippen MR) is 115 cm³/mol. The van der Waals surface area contributed by atoms with Gasteiger partial charge >= 0.3 is 17.9 Å². The minimum Gasteiger partial charge on any atom is -0.496 e. The van der Waals surface area contributed by atoms with Crippen molar-refractivity contribution in [3.05, 3.63) is 12.3 Å². The Morgan fingerprint density at radius 1 is 1.06 bits per heavy atom. The predicted octanol–water partition coefficient (Wildman–Crippen LogP) is -0.372. The Bertz CT molecular complexity index is 750. The molecule has 1 fully saturated rings. The van der Waals surface area contributed by atoms with Gasteiger partial charge in [0.2, 0.25) is 5.91 Å². The molecule has 0 spiro atoms. The summed E-state index contributed by atoms with van der Waals surface area (Å²) in [4.78, 5) is 47.9. The standard InChI is InChI=1S/C21H35N3O9/c1-10(2)29-9-14-17(30-11(3)25)18(31-12(4)26)16(23)19(32-14)24-15(27)8-13(22)20(28)33-21(5,6)7/h13-14,16-19H,1,8-9,22-23H2,2-7H3,(H,24,27)/t13-,14+,16+,17+,18+,19+/m0/s1. The number of nitrogens with one attached hydrogen (secondary N) is 1. The van der Waals surface area contributed by atoms with Crippen LogP contribution in [0.3, 0.4) is 0 Å². The van der Waals surface area contributed by atoms with Crippen molar-refractivity contribution in [2.45, 2.75) is 90.2 Å². The highest BCUT2D eigenvalue weighted by Crippen LogP contribution is 2.25. The minimum absolute atomic E-state index is 0.123. The number of esters is 3. The number of ether oxygens (including phenoxy) is 5. The number of hydrogen-bond donors (Lipinski definition) is 3. The Kier molecular flexibility index (Phi) is 10.3. The zero-order valence-electron chi connectivity index (χ0n) is 19.9. The molecule has 0 aromatic heterocycles. The SMILES string of the molecule is C=C(C)OC[C@H]1O[C@@H](NC(=O)C[C@H](N)C(=O)OC(C)(C)C)[C@H](N)[C@@H](OC(C)=O)[C@@H]1OC(C)=O. The fourth-order valence-corrected chi connectivity index (χ4v) is 3.00. The van der Waals surface area contributed by atoms with Crippen LogP contribution < -0.4 is 16.8 Å². The molecule has 33 heavy (non-hydrogen) atoms. The van der Waals surface area contributed by atoms with E-state index in [1.54, 1.807) is 27.7 Å². The van der Waals surface area contributed by atoms with E-state index in [4.69, 9.17) is 35.2 Å². The van der Waals surface area contributed by atoms with Gasteiger partial charge in [0, 0.05) is 13.8 Å². The molecule has 0 radical (unpaired) electrons. The van der Waals surface area contributed by atoms with Crippen molar-refractivity contribution in [1.29, 1.82) is 0 Å². The first-order valence-corrected chi connectivity index (χ1v) is 10.4. The maximum Gasteiger partial charge on any atom is 0.323 e. The van der Waals surface area contributed by atoms with Crippen LogP contribution in [0.4, 0.5) is 0 Å². The molecule has 1 rings (SSSR count). The molecular formula is C21H35N3O9. The summed E-state index contributed by atoms with van der Waals surface area (Å²) in [5.74, 6) is -2.36. The van der Waals surface area contributed by atoms with Gasteiger partial charge in [0.1, 0.15) is 30.6 Å². The normalized spacial score (nSPS) is 25.9. The van der Waals surface area contributed by atoms with Gasteiger partial charge in [0.05, 0.1) is 18.2 Å². The minimum atomic E-state index is -1.22. The molecule has 188 valence electrons. The smallest absolute Gasteiger partial charge is 0.323 e. The van der Waals surface area contributed by atoms with Crippen molar-refractivity contribution < 1.29 is 42.9 Å². The van der Waals surface area contributed by atoms with Crippen LogP contribution in [0, 0.1) is 0 Å². The average molecular weight is 474 g/mol. The van der Waals surface area contributed by atoms with Crippen molar-refractivity contribution in [2.75, 3.05) is 6.61 Å². The molecule has 0 bridgehead atoms. The van der Waals surface area contributed by atoms with Gasteiger partial charge < -0.3 is 40.5 Å². The number of hydrogen-bond acceptors (Lipinski definition) is 11. The quantitative estimate of drug-likeness (QED) is 0.226. The third-order valence-corrected chi connectivity index (χ3v) is 4.26. The zero-order valence-corrected chi connectivity index (χ0v) is 19.9. The highest BCUT2D eigenvalue weighted by molar-refractivity contribution is 5.85. The molecule has 1 aliphatic heterocycles. The molecule has 12 heteroatoms. The van der Waals surface area contributed by atoms with Gasteiger partial charge in [0.25, 0.3) is 0 Å². The molecule has 0 saturated carbocycles. The van der Waals surface area contributed by atoms with Crippen LogP contribution in [-0.2, 0) is 42.9 Å². The number of carbonyl (C=O) groups excluding carboxylic acids is 4. The van der Waals surface area contributed by atoms with Crippen molar-refractivity contribution in [3.63, 3.8) is 0 Å². The number of allylic oxidation sites excluding steroid dienone is 1. The third-order valence-electron chi connectivity index (χ3n) is 4.26. The van der Waals surface area contributed by atoms with E-state index in [1.807, 2.05) is 0 Å². The highest BCUT2D eigenvalue weighted by Gasteiger charge is 2.49. The van der Waals surface area contributed by atoms with E-state index in [9.17, 15) is 19.2 Å². The van der Waals surface area contributed by atoms with Crippen LogP contribution in [0.2, 0.25) is 0 Å². The summed E-state index contributed by atoms with van der Waals surface area (Å²) in [5.41, 5.74) is 11.2. The van der Waals surface area contributed by atoms with Gasteiger partial charge in [-0.2, -0.15) is 0 Å². The molecule has 5 N–H and O–H groups in total. The Balaban J connectivity index is 3.00. The molecule has 1 aliphatic rings. The second-order valence-corrected chi connectivity index (χ2v) is 8.75. The summed E-state index contributed by atoms with van der Waals surface area (Å²) in [6.45, 7) is 12.5. The van der Waals surface area contributed by atoms with Gasteiger partial charge in [-0.05, 0) is 27.7 Å². The largest absolute Gasteiger partial charge is 0.496 e. The molecule has 1 saturated heterocycles. The summed E-state index contributed by atoms with van der Waals surface area (Å²) in [5, 5.41) is 2.53. The van der Waals surface area contributed by atoms with Crippen molar-refractivity contribution >= 4 is 23.8 Å². The Morgan fingerprint density at radius 2 is 1.61 bits per heavy atom. The van der Waals surface area contributed by atoms with Gasteiger partial charge in [0.15, 0.2) is 12.2 Å². The van der Waals surface area contributed by atoms with E-state index >= 15 is 0 Å². The van der Waals surface area contributed by atoms with E-state index in [-0.39, 0.29) is 6.61 Å². The maximum atomic E-state index is 12.5. The first kappa shape index (κ1) is 28.3. The monoisotopic (exact) mass is 473 g/mol. The lowest BCUT2D eigenvalue weighted by molar-refractivity contribution is -0.222. The highest BCUT2D eigenvalue weighted by atomic mass is 16.6. The molecule has 1 amide bonds. The first-order valence-electron chi connectivity index (χ1n) is 10.4. The van der Waals surface area contributed by atoms with Crippen LogP contribution in [0.25, 0.3) is 0 Å². The summed E-state index contributed by atoms with van der Waals surface area (Å²) in [7, 11) is 0. The molecule has 0 unspecified atom stereocenters. The van der Waals surface area contributed by atoms with Crippen molar-refractivity contribution in [3.8, 4) is 0 Å². The number of rotatable bonds is 9. The maximum absolute atomic E-state index is 12.5. The fraction of sp³-hybridized carbons (Fsp3) is 0.714. The molecule has 6 atom stereocenters. The first-order chi connectivity index (χ1) is 15.1. The van der Waals surface area contributed by atoms with E-state index in [0.717, 1.165) is 0 Å². The number of carbonyl (C=O) groups is 4. The van der Waals surface area contributed by atoms with Crippen LogP contribution in [0.5, 0.6) is 0 Å². The number of nitrogens with two attached hydrogens (primary N) is 2. The molecule has 12 nitrogen and oxygen atoms in total. The summed E-state index contributed by atoms with van der Waals surface area (Å²) >= 11 is 0. The molecule has 0 aliphatic carbocycles. The summed E-state index contributed by atoms with van der Waals surface area (Å²) < 4.78 is 27.0. The fourth-order valence-electron chi connectivity index (χ4n) is 3.00. The Hall–Kier alpha value is -2.70. The lowest BCUT2D eigenvalue weighted by Crippen LogP contribution is -2.68. The lowest BCUT2D eigenvalue weighted by Gasteiger charge is -2.44. The molecular weight excluding hydrogens is 438 g/mol. The second-order valence-electron chi connectivity index (χ2n) is 8.75. The van der Waals surface area contributed by atoms with Gasteiger partial charge in [-0.25, -0.2) is 0 Å². The molecule has 0 aromatic rings. The van der Waals surface area contributed by atoms with Gasteiger partial charge in [-0.15, -0.1) is 0 Å². The van der Waals surface area contributed by atoms with E-state index < -0.39 is 72.5 Å². The zero-order chi connectivity index (χ0) is 25.5. The van der Waals surface area contributed by atoms with Crippen LogP contribution in [0.15, 0.2) is 12.3 Å². The van der Waals surface area contributed by atoms with E-state index in [1.165, 1.54) is 13.8 Å².